The van der Waals surface area contributed by atoms with Crippen LogP contribution in [0.3, 0.4) is 0 Å². The fourth-order valence-electron chi connectivity index (χ4n) is 3.29. The summed E-state index contributed by atoms with van der Waals surface area (Å²) in [6.07, 6.45) is 1.93. The second kappa shape index (κ2) is 9.02. The minimum Gasteiger partial charge on any atom is -0.396 e. The smallest absolute Gasteiger partial charge is 0.243 e. The van der Waals surface area contributed by atoms with E-state index in [9.17, 15) is 13.5 Å². The van der Waals surface area contributed by atoms with Crippen LogP contribution in [0.5, 0.6) is 0 Å². The Morgan fingerprint density at radius 3 is 2.78 bits per heavy atom. The maximum atomic E-state index is 12.8. The van der Waals surface area contributed by atoms with Gasteiger partial charge in [-0.3, -0.25) is 0 Å². The van der Waals surface area contributed by atoms with Gasteiger partial charge < -0.3 is 20.1 Å². The fourth-order valence-corrected chi connectivity index (χ4v) is 5.16. The molecule has 0 bridgehead atoms. The molecule has 0 spiro atoms. The Labute approximate surface area is 170 Å². The molecular weight excluding hydrogens is 410 g/mol. The van der Waals surface area contributed by atoms with Gasteiger partial charge in [-0.15, -0.1) is 0 Å². The molecule has 2 saturated heterocycles. The summed E-state index contributed by atoms with van der Waals surface area (Å²) in [5, 5.41) is 13.3. The third-order valence-corrected chi connectivity index (χ3v) is 7.44. The number of morpholine rings is 1. The van der Waals surface area contributed by atoms with E-state index in [4.69, 9.17) is 28.6 Å². The molecule has 27 heavy (non-hydrogen) atoms. The first kappa shape index (κ1) is 20.8. The molecule has 150 valence electrons. The lowest BCUT2D eigenvalue weighted by Crippen LogP contribution is -2.43. The van der Waals surface area contributed by atoms with Gasteiger partial charge in [0.25, 0.3) is 0 Å². The van der Waals surface area contributed by atoms with Crippen molar-refractivity contribution in [2.75, 3.05) is 51.3 Å². The predicted molar refractivity (Wildman–Crippen MR) is 109 cm³/mol. The third-order valence-electron chi connectivity index (χ3n) is 4.85. The van der Waals surface area contributed by atoms with E-state index >= 15 is 0 Å². The van der Waals surface area contributed by atoms with Crippen LogP contribution >= 0.6 is 23.8 Å². The fraction of sp³-hybridized carbons (Fsp3) is 0.588. The van der Waals surface area contributed by atoms with Crippen molar-refractivity contribution in [3.05, 3.63) is 23.2 Å². The van der Waals surface area contributed by atoms with E-state index < -0.39 is 10.0 Å². The molecule has 0 amide bonds. The van der Waals surface area contributed by atoms with E-state index in [2.05, 4.69) is 5.32 Å². The van der Waals surface area contributed by atoms with E-state index in [1.165, 1.54) is 16.4 Å². The number of aliphatic hydroxyl groups is 1. The number of thiocarbonyl (C=S) groups is 1. The van der Waals surface area contributed by atoms with Crippen molar-refractivity contribution in [1.82, 2.24) is 9.21 Å². The number of ether oxygens (including phenoxy) is 1. The predicted octanol–water partition coefficient (Wildman–Crippen LogP) is 1.76. The van der Waals surface area contributed by atoms with Crippen molar-refractivity contribution in [3.63, 3.8) is 0 Å². The molecule has 2 aliphatic rings. The molecule has 0 aliphatic carbocycles. The first-order valence-electron chi connectivity index (χ1n) is 8.96. The van der Waals surface area contributed by atoms with Gasteiger partial charge in [0.15, 0.2) is 5.11 Å². The second-order valence-corrected chi connectivity index (χ2v) is 9.46. The lowest BCUT2D eigenvalue weighted by molar-refractivity contribution is 0.0730. The Morgan fingerprint density at radius 2 is 2.07 bits per heavy atom. The quantitative estimate of drug-likeness (QED) is 0.700. The SMILES string of the molecule is O=S(=O)(c1ccc(Cl)c(NC(=S)N2CCCC(CO)C2)c1)N1CCOCC1. The number of rotatable bonds is 4. The molecule has 7 nitrogen and oxygen atoms in total. The van der Waals surface area contributed by atoms with Crippen LogP contribution in [-0.2, 0) is 14.8 Å². The first-order valence-corrected chi connectivity index (χ1v) is 11.2. The number of hydrogen-bond donors (Lipinski definition) is 2. The summed E-state index contributed by atoms with van der Waals surface area (Å²) in [6.45, 7) is 3.06. The Morgan fingerprint density at radius 1 is 1.33 bits per heavy atom. The molecule has 10 heteroatoms. The summed E-state index contributed by atoms with van der Waals surface area (Å²) < 4.78 is 32.3. The topological polar surface area (TPSA) is 82.1 Å². The monoisotopic (exact) mass is 433 g/mol. The molecule has 1 aromatic carbocycles. The highest BCUT2D eigenvalue weighted by Gasteiger charge is 2.27. The number of likely N-dealkylation sites (tertiary alicyclic amines) is 1. The van der Waals surface area contributed by atoms with Crippen LogP contribution in [-0.4, -0.2) is 73.8 Å². The second-order valence-electron chi connectivity index (χ2n) is 6.73. The Bertz CT molecular complexity index is 784. The summed E-state index contributed by atoms with van der Waals surface area (Å²) in [7, 11) is -3.61. The van der Waals surface area contributed by atoms with Crippen LogP contribution in [0.15, 0.2) is 23.1 Å². The molecule has 0 saturated carbocycles. The van der Waals surface area contributed by atoms with E-state index in [1.54, 1.807) is 6.07 Å². The van der Waals surface area contributed by atoms with E-state index in [1.807, 2.05) is 4.90 Å². The zero-order chi connectivity index (χ0) is 19.4. The average molecular weight is 434 g/mol. The Hall–Kier alpha value is -0.970. The molecule has 0 radical (unpaired) electrons. The summed E-state index contributed by atoms with van der Waals surface area (Å²) >= 11 is 11.7. The number of benzene rings is 1. The van der Waals surface area contributed by atoms with Crippen LogP contribution in [0.25, 0.3) is 0 Å². The van der Waals surface area contributed by atoms with Crippen molar-refractivity contribution in [2.45, 2.75) is 17.7 Å². The number of nitrogens with one attached hydrogen (secondary N) is 1. The van der Waals surface area contributed by atoms with Gasteiger partial charge in [0.2, 0.25) is 10.0 Å². The molecule has 1 atom stereocenters. The normalized spacial score (nSPS) is 21.9. The van der Waals surface area contributed by atoms with Gasteiger partial charge in [0.1, 0.15) is 0 Å². The van der Waals surface area contributed by atoms with Crippen molar-refractivity contribution < 1.29 is 18.3 Å². The van der Waals surface area contributed by atoms with E-state index in [-0.39, 0.29) is 17.4 Å². The van der Waals surface area contributed by atoms with Gasteiger partial charge in [-0.2, -0.15) is 4.31 Å². The number of anilines is 1. The van der Waals surface area contributed by atoms with Crippen molar-refractivity contribution in [2.24, 2.45) is 5.92 Å². The molecule has 3 rings (SSSR count). The molecule has 2 aliphatic heterocycles. The van der Waals surface area contributed by atoms with Gasteiger partial charge in [-0.05, 0) is 49.2 Å². The van der Waals surface area contributed by atoms with E-state index in [0.717, 1.165) is 19.4 Å². The molecule has 2 heterocycles. The van der Waals surface area contributed by atoms with Crippen LogP contribution in [0.2, 0.25) is 5.02 Å². The molecular formula is C17H24ClN3O4S2. The van der Waals surface area contributed by atoms with Gasteiger partial charge in [0, 0.05) is 32.8 Å². The van der Waals surface area contributed by atoms with Gasteiger partial charge in [-0.1, -0.05) is 11.6 Å². The van der Waals surface area contributed by atoms with Crippen LogP contribution in [0.4, 0.5) is 5.69 Å². The highest BCUT2D eigenvalue weighted by Crippen LogP contribution is 2.28. The maximum absolute atomic E-state index is 12.8. The zero-order valence-corrected chi connectivity index (χ0v) is 17.3. The summed E-state index contributed by atoms with van der Waals surface area (Å²) in [4.78, 5) is 2.16. The molecule has 0 aromatic heterocycles. The minimum absolute atomic E-state index is 0.132. The zero-order valence-electron chi connectivity index (χ0n) is 14.9. The number of nitrogens with zero attached hydrogens (tertiary/aromatic N) is 2. The molecule has 1 aromatic rings. The summed E-state index contributed by atoms with van der Waals surface area (Å²) in [6, 6.07) is 4.59. The molecule has 2 N–H and O–H groups in total. The standard InChI is InChI=1S/C17H24ClN3O4S2/c18-15-4-3-14(27(23,24)21-6-8-25-9-7-21)10-16(15)19-17(26)20-5-1-2-13(11-20)12-22/h3-4,10,13,22H,1-2,5-9,11-12H2,(H,19,26). The van der Waals surface area contributed by atoms with Crippen LogP contribution in [0, 0.1) is 5.92 Å². The Balaban J connectivity index is 1.76. The highest BCUT2D eigenvalue weighted by molar-refractivity contribution is 7.89. The molecule has 2 fully saturated rings. The van der Waals surface area contributed by atoms with Crippen molar-refractivity contribution in [3.8, 4) is 0 Å². The minimum atomic E-state index is -3.61. The van der Waals surface area contributed by atoms with E-state index in [0.29, 0.717) is 48.7 Å². The lowest BCUT2D eigenvalue weighted by atomic mass is 9.99. The van der Waals surface area contributed by atoms with Gasteiger partial charge >= 0.3 is 0 Å². The maximum Gasteiger partial charge on any atom is 0.243 e. The first-order chi connectivity index (χ1) is 12.9. The number of hydrogen-bond acceptors (Lipinski definition) is 5. The van der Waals surface area contributed by atoms with Crippen molar-refractivity contribution in [1.29, 1.82) is 0 Å². The van der Waals surface area contributed by atoms with Crippen LogP contribution in [0.1, 0.15) is 12.8 Å². The summed E-state index contributed by atoms with van der Waals surface area (Å²) in [5.41, 5.74) is 0.460. The van der Waals surface area contributed by atoms with Gasteiger partial charge in [0.05, 0.1) is 28.8 Å². The Kier molecular flexibility index (Phi) is 6.93. The summed E-state index contributed by atoms with van der Waals surface area (Å²) in [5.74, 6) is 0.196. The van der Waals surface area contributed by atoms with Gasteiger partial charge in [-0.25, -0.2) is 8.42 Å². The van der Waals surface area contributed by atoms with Crippen molar-refractivity contribution >= 4 is 44.6 Å². The number of halogens is 1. The lowest BCUT2D eigenvalue weighted by Gasteiger charge is -2.34. The molecule has 1 unspecified atom stereocenters. The largest absolute Gasteiger partial charge is 0.396 e. The average Bonchev–Trinajstić information content (AvgIpc) is 2.70. The number of piperidine rings is 1. The highest BCUT2D eigenvalue weighted by atomic mass is 35.5. The van der Waals surface area contributed by atoms with Crippen LogP contribution < -0.4 is 5.32 Å². The third kappa shape index (κ3) is 4.90. The number of sulfonamides is 1. The number of aliphatic hydroxyl groups excluding tert-OH is 1.